The summed E-state index contributed by atoms with van der Waals surface area (Å²) in [6, 6.07) is 0. The Morgan fingerprint density at radius 1 is 1.39 bits per heavy atom. The van der Waals surface area contributed by atoms with E-state index >= 15 is 0 Å². The van der Waals surface area contributed by atoms with Crippen molar-refractivity contribution in [2.24, 2.45) is 0 Å². The molecule has 6 nitrogen and oxygen atoms in total. The molecule has 1 saturated heterocycles. The molecule has 0 saturated carbocycles. The Labute approximate surface area is 177 Å². The molecule has 4 heterocycles. The Hall–Kier alpha value is -0.870. The number of carbonyl (C=O) groups is 1. The second-order valence-corrected chi connectivity index (χ2v) is 10.5. The van der Waals surface area contributed by atoms with Gasteiger partial charge in [-0.25, -0.2) is 9.97 Å². The lowest BCUT2D eigenvalue weighted by atomic mass is 9.95. The minimum Gasteiger partial charge on any atom is -0.376 e. The SMILES string of the molecule is CSc1nc(SCC(=O)NC[C@H]2CCCO2)c2c3c(sc2n1)COC(C)(C)C3. The fourth-order valence-corrected chi connectivity index (χ4v) is 6.04. The Morgan fingerprint density at radius 2 is 2.25 bits per heavy atom. The van der Waals surface area contributed by atoms with Crippen LogP contribution in [0.25, 0.3) is 10.2 Å². The number of amides is 1. The molecule has 2 aromatic heterocycles. The molecule has 28 heavy (non-hydrogen) atoms. The number of hydrogen-bond acceptors (Lipinski definition) is 8. The molecule has 0 bridgehead atoms. The van der Waals surface area contributed by atoms with E-state index in [2.05, 4.69) is 19.2 Å². The van der Waals surface area contributed by atoms with E-state index in [9.17, 15) is 4.79 Å². The molecule has 0 radical (unpaired) electrons. The normalized spacial score (nSPS) is 21.0. The molecule has 1 atom stereocenters. The third-order valence-corrected chi connectivity index (χ3v) is 7.57. The number of nitrogens with one attached hydrogen (secondary N) is 1. The zero-order valence-corrected chi connectivity index (χ0v) is 18.8. The molecule has 1 fully saturated rings. The molecule has 0 unspecified atom stereocenters. The average Bonchev–Trinajstić information content (AvgIpc) is 3.30. The highest BCUT2D eigenvalue weighted by Crippen LogP contribution is 2.42. The van der Waals surface area contributed by atoms with Crippen LogP contribution >= 0.6 is 34.9 Å². The Kier molecular flexibility index (Phi) is 6.17. The molecule has 2 aromatic rings. The summed E-state index contributed by atoms with van der Waals surface area (Å²) in [5.74, 6) is 0.364. The molecular formula is C19H25N3O3S3. The van der Waals surface area contributed by atoms with Gasteiger partial charge in [-0.3, -0.25) is 4.79 Å². The smallest absolute Gasteiger partial charge is 0.230 e. The molecule has 0 aliphatic carbocycles. The lowest BCUT2D eigenvalue weighted by Gasteiger charge is -2.30. The van der Waals surface area contributed by atoms with Crippen molar-refractivity contribution in [3.8, 4) is 0 Å². The second-order valence-electron chi connectivity index (χ2n) is 7.65. The molecule has 1 N–H and O–H groups in total. The molecule has 0 aromatic carbocycles. The lowest BCUT2D eigenvalue weighted by Crippen LogP contribution is -2.33. The number of carbonyl (C=O) groups excluding carboxylic acids is 1. The predicted octanol–water partition coefficient (Wildman–Crippen LogP) is 3.65. The van der Waals surface area contributed by atoms with Crippen molar-refractivity contribution in [2.75, 3.05) is 25.2 Å². The highest BCUT2D eigenvalue weighted by molar-refractivity contribution is 8.00. The maximum absolute atomic E-state index is 12.3. The second kappa shape index (κ2) is 8.47. The van der Waals surface area contributed by atoms with Crippen LogP contribution in [0.5, 0.6) is 0 Å². The number of thioether (sulfide) groups is 2. The molecule has 0 spiro atoms. The van der Waals surface area contributed by atoms with Gasteiger partial charge in [-0.05, 0) is 38.5 Å². The molecule has 2 aliphatic heterocycles. The standard InChI is InChI=1S/C19H25N3O3S3/c1-19(2)7-12-13(9-25-19)28-17-15(12)16(21-18(22-17)26-3)27-10-14(23)20-8-11-5-4-6-24-11/h11H,4-10H2,1-3H3,(H,20,23)/t11-/m1/s1. The fourth-order valence-electron chi connectivity index (χ4n) is 3.51. The third-order valence-electron chi connectivity index (χ3n) is 4.95. The highest BCUT2D eigenvalue weighted by atomic mass is 32.2. The zero-order chi connectivity index (χ0) is 19.7. The summed E-state index contributed by atoms with van der Waals surface area (Å²) in [6.45, 7) is 6.23. The summed E-state index contributed by atoms with van der Waals surface area (Å²) in [4.78, 5) is 24.0. The van der Waals surface area contributed by atoms with E-state index in [0.29, 0.717) is 18.9 Å². The van der Waals surface area contributed by atoms with Gasteiger partial charge in [-0.1, -0.05) is 23.5 Å². The topological polar surface area (TPSA) is 73.3 Å². The van der Waals surface area contributed by atoms with Crippen LogP contribution in [0, 0.1) is 0 Å². The van der Waals surface area contributed by atoms with Crippen molar-refractivity contribution < 1.29 is 14.3 Å². The van der Waals surface area contributed by atoms with Crippen molar-refractivity contribution in [3.05, 3.63) is 10.4 Å². The van der Waals surface area contributed by atoms with Gasteiger partial charge in [0.25, 0.3) is 0 Å². The van der Waals surface area contributed by atoms with Crippen LogP contribution in [-0.2, 0) is 27.3 Å². The average molecular weight is 440 g/mol. The third kappa shape index (κ3) is 4.48. The van der Waals surface area contributed by atoms with Gasteiger partial charge in [0.05, 0.1) is 24.1 Å². The summed E-state index contributed by atoms with van der Waals surface area (Å²) in [6.07, 6.45) is 5.08. The van der Waals surface area contributed by atoms with E-state index in [-0.39, 0.29) is 17.6 Å². The van der Waals surface area contributed by atoms with Crippen molar-refractivity contribution in [1.82, 2.24) is 15.3 Å². The Morgan fingerprint density at radius 3 is 3.00 bits per heavy atom. The first kappa shape index (κ1) is 20.4. The number of fused-ring (bicyclic) bond motifs is 3. The maximum atomic E-state index is 12.3. The minimum absolute atomic E-state index is 0.0192. The van der Waals surface area contributed by atoms with Crippen molar-refractivity contribution in [3.63, 3.8) is 0 Å². The summed E-state index contributed by atoms with van der Waals surface area (Å²) < 4.78 is 11.5. The predicted molar refractivity (Wildman–Crippen MR) is 114 cm³/mol. The van der Waals surface area contributed by atoms with Gasteiger partial charge < -0.3 is 14.8 Å². The molecule has 2 aliphatic rings. The molecule has 1 amide bonds. The van der Waals surface area contributed by atoms with E-state index in [4.69, 9.17) is 19.4 Å². The largest absolute Gasteiger partial charge is 0.376 e. The zero-order valence-electron chi connectivity index (χ0n) is 16.4. The van der Waals surface area contributed by atoms with Crippen LogP contribution in [0.15, 0.2) is 10.2 Å². The van der Waals surface area contributed by atoms with E-state index in [1.54, 1.807) is 11.3 Å². The number of aromatic nitrogens is 2. The van der Waals surface area contributed by atoms with Gasteiger partial charge in [-0.15, -0.1) is 11.3 Å². The van der Waals surface area contributed by atoms with Crippen LogP contribution in [0.4, 0.5) is 0 Å². The Bertz CT molecular complexity index is 878. The van der Waals surface area contributed by atoms with Gasteiger partial charge in [0.15, 0.2) is 5.16 Å². The van der Waals surface area contributed by atoms with Gasteiger partial charge in [0.1, 0.15) is 9.86 Å². The summed E-state index contributed by atoms with van der Waals surface area (Å²) in [5.41, 5.74) is 1.09. The number of hydrogen-bond donors (Lipinski definition) is 1. The molecule has 152 valence electrons. The van der Waals surface area contributed by atoms with Crippen molar-refractivity contribution in [2.45, 2.75) is 61.6 Å². The molecule has 4 rings (SSSR count). The van der Waals surface area contributed by atoms with Gasteiger partial charge in [0.2, 0.25) is 5.91 Å². The highest BCUT2D eigenvalue weighted by Gasteiger charge is 2.31. The number of nitrogens with zero attached hydrogens (tertiary/aromatic N) is 2. The summed E-state index contributed by atoms with van der Waals surface area (Å²) in [5, 5.41) is 5.74. The van der Waals surface area contributed by atoms with Gasteiger partial charge >= 0.3 is 0 Å². The molecule has 9 heteroatoms. The monoisotopic (exact) mass is 439 g/mol. The number of ether oxygens (including phenoxy) is 2. The first-order chi connectivity index (χ1) is 13.4. The van der Waals surface area contributed by atoms with Crippen LogP contribution < -0.4 is 5.32 Å². The van der Waals surface area contributed by atoms with Crippen LogP contribution in [-0.4, -0.2) is 52.7 Å². The summed E-state index contributed by atoms with van der Waals surface area (Å²) in [7, 11) is 0. The van der Waals surface area contributed by atoms with Gasteiger partial charge in [-0.2, -0.15) is 0 Å². The van der Waals surface area contributed by atoms with E-state index in [1.807, 2.05) is 6.26 Å². The first-order valence-corrected chi connectivity index (χ1v) is 12.5. The minimum atomic E-state index is -0.195. The van der Waals surface area contributed by atoms with Crippen LogP contribution in [0.1, 0.15) is 37.1 Å². The van der Waals surface area contributed by atoms with Crippen LogP contribution in [0.2, 0.25) is 0 Å². The van der Waals surface area contributed by atoms with Gasteiger partial charge in [0, 0.05) is 29.8 Å². The van der Waals surface area contributed by atoms with E-state index in [1.165, 1.54) is 34.0 Å². The lowest BCUT2D eigenvalue weighted by molar-refractivity contribution is -0.119. The van der Waals surface area contributed by atoms with Crippen molar-refractivity contribution in [1.29, 1.82) is 0 Å². The van der Waals surface area contributed by atoms with Crippen molar-refractivity contribution >= 4 is 51.0 Å². The first-order valence-electron chi connectivity index (χ1n) is 9.46. The maximum Gasteiger partial charge on any atom is 0.230 e. The molecular weight excluding hydrogens is 414 g/mol. The number of rotatable bonds is 6. The summed E-state index contributed by atoms with van der Waals surface area (Å²) >= 11 is 4.71. The van der Waals surface area contributed by atoms with E-state index in [0.717, 1.165) is 46.3 Å². The van der Waals surface area contributed by atoms with E-state index < -0.39 is 0 Å². The van der Waals surface area contributed by atoms with Crippen LogP contribution in [0.3, 0.4) is 0 Å². The fraction of sp³-hybridized carbons (Fsp3) is 0.632. The quantitative estimate of drug-likeness (QED) is 0.418. The number of thiophene rings is 1. The Balaban J connectivity index is 1.53.